The molecule has 9 heteroatoms. The molecule has 0 atom stereocenters. The molecule has 0 aromatic carbocycles. The van der Waals surface area contributed by atoms with E-state index >= 15 is 0 Å². The van der Waals surface area contributed by atoms with Gasteiger partial charge in [0.05, 0.1) is 7.11 Å². The normalized spacial score (nSPS) is 14.6. The van der Waals surface area contributed by atoms with Gasteiger partial charge < -0.3 is 20.7 Å². The summed E-state index contributed by atoms with van der Waals surface area (Å²) in [4.78, 5) is 31.6. The Morgan fingerprint density at radius 2 is 1.81 bits per heavy atom. The van der Waals surface area contributed by atoms with E-state index in [0.717, 1.165) is 25.9 Å². The quantitative estimate of drug-likeness (QED) is 0.788. The second kappa shape index (κ2) is 7.94. The molecule has 0 unspecified atom stereocenters. The smallest absolute Gasteiger partial charge is 0.360 e. The molecule has 2 aromatic rings. The van der Waals surface area contributed by atoms with Crippen LogP contribution in [0.4, 0.5) is 17.6 Å². The number of nitrogens with one attached hydrogen (secondary N) is 1. The average molecular weight is 357 g/mol. The Kier molecular flexibility index (Phi) is 5.45. The van der Waals surface area contributed by atoms with Crippen molar-refractivity contribution in [3.8, 4) is 11.3 Å². The lowest BCUT2D eigenvalue weighted by Crippen LogP contribution is -2.27. The van der Waals surface area contributed by atoms with Crippen molar-refractivity contribution in [3.63, 3.8) is 0 Å². The van der Waals surface area contributed by atoms with Gasteiger partial charge in [-0.25, -0.2) is 24.7 Å². The predicted molar refractivity (Wildman–Crippen MR) is 99.0 cm³/mol. The van der Waals surface area contributed by atoms with Crippen LogP contribution in [0.15, 0.2) is 12.4 Å². The van der Waals surface area contributed by atoms with E-state index in [9.17, 15) is 4.79 Å². The summed E-state index contributed by atoms with van der Waals surface area (Å²) in [7, 11) is 3.03. The molecule has 1 aliphatic rings. The van der Waals surface area contributed by atoms with Gasteiger partial charge in [0.2, 0.25) is 5.95 Å². The Morgan fingerprint density at radius 1 is 1.15 bits per heavy atom. The molecular formula is C17H23N7O2. The number of carbonyl (C=O) groups excluding carboxylic acids is 1. The fourth-order valence-corrected chi connectivity index (χ4v) is 2.96. The number of hydrogen-bond donors (Lipinski definition) is 2. The molecule has 0 amide bonds. The molecule has 3 N–H and O–H groups in total. The number of nitrogens with two attached hydrogens (primary N) is 1. The predicted octanol–water partition coefficient (Wildman–Crippen LogP) is 1.72. The summed E-state index contributed by atoms with van der Waals surface area (Å²) in [5.74, 6) is 0.596. The highest BCUT2D eigenvalue weighted by Gasteiger charge is 2.23. The van der Waals surface area contributed by atoms with Crippen LogP contribution in [0.25, 0.3) is 11.3 Å². The number of nitrogen functional groups attached to an aromatic ring is 1. The van der Waals surface area contributed by atoms with Crippen molar-refractivity contribution in [1.82, 2.24) is 19.9 Å². The monoisotopic (exact) mass is 357 g/mol. The topological polar surface area (TPSA) is 119 Å². The van der Waals surface area contributed by atoms with Crippen molar-refractivity contribution in [1.29, 1.82) is 0 Å². The number of rotatable bonds is 4. The van der Waals surface area contributed by atoms with Crippen LogP contribution in [-0.2, 0) is 4.74 Å². The minimum absolute atomic E-state index is 0.00114. The van der Waals surface area contributed by atoms with Gasteiger partial charge in [-0.15, -0.1) is 0 Å². The Morgan fingerprint density at radius 3 is 2.38 bits per heavy atom. The molecule has 0 aliphatic carbocycles. The largest absolute Gasteiger partial charge is 0.464 e. The van der Waals surface area contributed by atoms with Gasteiger partial charge in [0.25, 0.3) is 0 Å². The van der Waals surface area contributed by atoms with Crippen LogP contribution in [0.1, 0.15) is 36.2 Å². The van der Waals surface area contributed by atoms with Crippen molar-refractivity contribution in [2.45, 2.75) is 25.7 Å². The van der Waals surface area contributed by atoms with Crippen molar-refractivity contribution in [2.24, 2.45) is 0 Å². The first kappa shape index (κ1) is 17.8. The first-order valence-corrected chi connectivity index (χ1v) is 8.65. The number of aromatic nitrogens is 4. The third kappa shape index (κ3) is 3.66. The molecule has 26 heavy (non-hydrogen) atoms. The second-order valence-electron chi connectivity index (χ2n) is 6.07. The molecule has 3 heterocycles. The molecule has 1 fully saturated rings. The number of esters is 1. The van der Waals surface area contributed by atoms with Crippen LogP contribution in [0.5, 0.6) is 0 Å². The molecule has 0 saturated carbocycles. The van der Waals surface area contributed by atoms with E-state index < -0.39 is 5.97 Å². The number of ether oxygens (including phenoxy) is 1. The Bertz CT molecular complexity index is 771. The SMILES string of the molecule is CNc1ncc(-c2nc(C(=O)OC)c(N)nc2N2CCCCCC2)cn1. The molecule has 1 aliphatic heterocycles. The van der Waals surface area contributed by atoms with Gasteiger partial charge in [0.1, 0.15) is 5.69 Å². The van der Waals surface area contributed by atoms with Crippen LogP contribution in [0, 0.1) is 0 Å². The van der Waals surface area contributed by atoms with Gasteiger partial charge >= 0.3 is 5.97 Å². The van der Waals surface area contributed by atoms with Crippen molar-refractivity contribution in [3.05, 3.63) is 18.1 Å². The summed E-state index contributed by atoms with van der Waals surface area (Å²) in [5.41, 5.74) is 7.19. The lowest BCUT2D eigenvalue weighted by Gasteiger charge is -2.24. The maximum atomic E-state index is 12.0. The Hall–Kier alpha value is -2.97. The summed E-state index contributed by atoms with van der Waals surface area (Å²) >= 11 is 0. The van der Waals surface area contributed by atoms with Gasteiger partial charge in [-0.05, 0) is 12.8 Å². The molecule has 0 radical (unpaired) electrons. The van der Waals surface area contributed by atoms with Crippen LogP contribution in [0.2, 0.25) is 0 Å². The first-order chi connectivity index (χ1) is 12.6. The van der Waals surface area contributed by atoms with E-state index in [2.05, 4.69) is 30.2 Å². The van der Waals surface area contributed by atoms with Crippen LogP contribution in [-0.4, -0.2) is 53.2 Å². The average Bonchev–Trinajstić information content (AvgIpc) is 2.96. The zero-order chi connectivity index (χ0) is 18.5. The van der Waals surface area contributed by atoms with Gasteiger partial charge in [0.15, 0.2) is 17.3 Å². The second-order valence-corrected chi connectivity index (χ2v) is 6.07. The fourth-order valence-electron chi connectivity index (χ4n) is 2.96. The Balaban J connectivity index is 2.11. The number of anilines is 3. The third-order valence-electron chi connectivity index (χ3n) is 4.34. The van der Waals surface area contributed by atoms with E-state index in [-0.39, 0.29) is 11.5 Å². The standard InChI is InChI=1S/C17H23N7O2/c1-19-17-20-9-11(10-21-17)12-15(24-7-5-3-4-6-8-24)23-14(18)13(22-12)16(25)26-2/h9-10H,3-8H2,1-2H3,(H2,18,23)(H,19,20,21). The molecular weight excluding hydrogens is 334 g/mol. The lowest BCUT2D eigenvalue weighted by molar-refractivity contribution is 0.0595. The van der Waals surface area contributed by atoms with Crippen LogP contribution >= 0.6 is 0 Å². The lowest BCUT2D eigenvalue weighted by atomic mass is 10.2. The summed E-state index contributed by atoms with van der Waals surface area (Å²) in [6, 6.07) is 0. The van der Waals surface area contributed by atoms with Gasteiger partial charge in [0, 0.05) is 38.1 Å². The van der Waals surface area contributed by atoms with E-state index in [0.29, 0.717) is 23.0 Å². The third-order valence-corrected chi connectivity index (χ3v) is 4.34. The summed E-state index contributed by atoms with van der Waals surface area (Å²) < 4.78 is 4.77. The fraction of sp³-hybridized carbons (Fsp3) is 0.471. The van der Waals surface area contributed by atoms with E-state index in [1.807, 2.05) is 0 Å². The number of methoxy groups -OCH3 is 1. The molecule has 0 spiro atoms. The van der Waals surface area contributed by atoms with Crippen molar-refractivity contribution in [2.75, 3.05) is 43.2 Å². The summed E-state index contributed by atoms with van der Waals surface area (Å²) in [5, 5.41) is 2.88. The maximum Gasteiger partial charge on any atom is 0.360 e. The van der Waals surface area contributed by atoms with Gasteiger partial charge in [-0.1, -0.05) is 12.8 Å². The van der Waals surface area contributed by atoms with E-state index in [4.69, 9.17) is 10.5 Å². The van der Waals surface area contributed by atoms with Crippen molar-refractivity contribution < 1.29 is 9.53 Å². The van der Waals surface area contributed by atoms with E-state index in [1.54, 1.807) is 19.4 Å². The minimum Gasteiger partial charge on any atom is -0.464 e. The highest BCUT2D eigenvalue weighted by molar-refractivity contribution is 5.93. The Labute approximate surface area is 152 Å². The number of carbonyl (C=O) groups is 1. The van der Waals surface area contributed by atoms with Gasteiger partial charge in [-0.2, -0.15) is 0 Å². The zero-order valence-electron chi connectivity index (χ0n) is 15.0. The van der Waals surface area contributed by atoms with Gasteiger partial charge in [-0.3, -0.25) is 0 Å². The zero-order valence-corrected chi connectivity index (χ0v) is 15.0. The van der Waals surface area contributed by atoms with Crippen LogP contribution in [0.3, 0.4) is 0 Å². The highest BCUT2D eigenvalue weighted by Crippen LogP contribution is 2.30. The number of nitrogens with zero attached hydrogens (tertiary/aromatic N) is 5. The molecule has 0 bridgehead atoms. The molecule has 138 valence electrons. The number of hydrogen-bond acceptors (Lipinski definition) is 9. The first-order valence-electron chi connectivity index (χ1n) is 8.65. The molecule has 9 nitrogen and oxygen atoms in total. The minimum atomic E-state index is -0.619. The molecule has 2 aromatic heterocycles. The highest BCUT2D eigenvalue weighted by atomic mass is 16.5. The molecule has 3 rings (SSSR count). The van der Waals surface area contributed by atoms with Crippen molar-refractivity contribution >= 4 is 23.6 Å². The van der Waals surface area contributed by atoms with Crippen LogP contribution < -0.4 is 16.0 Å². The maximum absolute atomic E-state index is 12.0. The summed E-state index contributed by atoms with van der Waals surface area (Å²) in [6.07, 6.45) is 7.84. The summed E-state index contributed by atoms with van der Waals surface area (Å²) in [6.45, 7) is 1.74. The molecule has 1 saturated heterocycles. The van der Waals surface area contributed by atoms with E-state index in [1.165, 1.54) is 20.0 Å².